The Morgan fingerprint density at radius 2 is 1.81 bits per heavy atom. The third-order valence-corrected chi connectivity index (χ3v) is 5.08. The molecule has 0 saturated heterocycles. The second-order valence-corrected chi connectivity index (χ2v) is 6.01. The molecule has 1 aromatic carbocycles. The maximum Gasteiger partial charge on any atom is 0.163 e. The summed E-state index contributed by atoms with van der Waals surface area (Å²) in [7, 11) is 0. The molecule has 0 spiro atoms. The summed E-state index contributed by atoms with van der Waals surface area (Å²) in [6.07, 6.45) is 10.9. The Balaban J connectivity index is 2.37. The van der Waals surface area contributed by atoms with Crippen LogP contribution in [0, 0.1) is 5.92 Å². The molecule has 1 aromatic rings. The molecule has 0 heterocycles. The summed E-state index contributed by atoms with van der Waals surface area (Å²) < 4.78 is 6.32. The van der Waals surface area contributed by atoms with Crippen LogP contribution in [0.2, 0.25) is 19.0 Å². The number of benzene rings is 1. The third kappa shape index (κ3) is 3.15. The molecule has 1 aliphatic carbocycles. The van der Waals surface area contributed by atoms with Gasteiger partial charge in [0.15, 0.2) is 6.35 Å². The lowest BCUT2D eigenvalue weighted by Gasteiger charge is -2.38. The van der Waals surface area contributed by atoms with Gasteiger partial charge in [-0.3, -0.25) is 0 Å². The van der Waals surface area contributed by atoms with Crippen molar-refractivity contribution in [2.75, 3.05) is 0 Å². The Morgan fingerprint density at radius 1 is 1.14 bits per heavy atom. The molecule has 0 radical (unpaired) electrons. The van der Waals surface area contributed by atoms with Gasteiger partial charge in [-0.15, -0.1) is 25.5 Å². The molecule has 0 N–H and O–H groups in total. The van der Waals surface area contributed by atoms with E-state index in [1.165, 1.54) is 16.7 Å². The summed E-state index contributed by atoms with van der Waals surface area (Å²) in [5.74, 6) is 0.235. The predicted molar refractivity (Wildman–Crippen MR) is 95.4 cm³/mol. The summed E-state index contributed by atoms with van der Waals surface area (Å²) in [5, 5.41) is 0. The molecule has 0 aliphatic heterocycles. The Bertz CT molecular complexity index is 544. The fourth-order valence-electron chi connectivity index (χ4n) is 3.12. The van der Waals surface area contributed by atoms with Crippen molar-refractivity contribution < 1.29 is 4.65 Å². The molecular weight excluding hydrogens is 255 g/mol. The molecule has 21 heavy (non-hydrogen) atoms. The van der Waals surface area contributed by atoms with Gasteiger partial charge in [0.05, 0.1) is 0 Å². The van der Waals surface area contributed by atoms with E-state index in [4.69, 9.17) is 4.65 Å². The molecule has 1 aliphatic rings. The minimum atomic E-state index is -0.746. The van der Waals surface area contributed by atoms with E-state index in [2.05, 4.69) is 63.8 Å². The average Bonchev–Trinajstić information content (AvgIpc) is 2.56. The molecule has 0 bridgehead atoms. The van der Waals surface area contributed by atoms with Crippen LogP contribution >= 0.6 is 0 Å². The van der Waals surface area contributed by atoms with E-state index >= 15 is 0 Å². The minimum absolute atomic E-state index is 0.235. The van der Waals surface area contributed by atoms with Crippen molar-refractivity contribution in [1.29, 1.82) is 0 Å². The molecular formula is C19H26BO-. The second kappa shape index (κ2) is 6.84. The van der Waals surface area contributed by atoms with Crippen LogP contribution in [0.5, 0.6) is 0 Å². The standard InChI is InChI=1S/C19H26BO/c1-5-16-13-14-17-11-9-10-12-18(17)19(16)15-21-20(6-2,7-3)8-4/h5,9-16H,1,6-8H2,2-4H3/q-1/b19-15-/t16-/m0/s1. The fourth-order valence-corrected chi connectivity index (χ4v) is 3.12. The summed E-state index contributed by atoms with van der Waals surface area (Å²) in [5.41, 5.74) is 3.75. The Hall–Kier alpha value is -1.70. The number of hydrogen-bond acceptors (Lipinski definition) is 1. The van der Waals surface area contributed by atoms with Crippen LogP contribution in [0.4, 0.5) is 0 Å². The monoisotopic (exact) mass is 281 g/mol. The smallest absolute Gasteiger partial charge is 0.163 e. The van der Waals surface area contributed by atoms with Crippen molar-refractivity contribution in [3.63, 3.8) is 0 Å². The van der Waals surface area contributed by atoms with Gasteiger partial charge in [0.2, 0.25) is 0 Å². The lowest BCUT2D eigenvalue weighted by atomic mass is 9.34. The topological polar surface area (TPSA) is 9.23 Å². The normalized spacial score (nSPS) is 19.4. The van der Waals surface area contributed by atoms with Gasteiger partial charge in [-0.1, -0.05) is 63.3 Å². The van der Waals surface area contributed by atoms with Gasteiger partial charge in [0.25, 0.3) is 0 Å². The van der Waals surface area contributed by atoms with Crippen molar-refractivity contribution in [3.8, 4) is 0 Å². The number of rotatable bonds is 6. The third-order valence-electron chi connectivity index (χ3n) is 5.08. The van der Waals surface area contributed by atoms with E-state index in [1.807, 2.05) is 12.3 Å². The molecule has 112 valence electrons. The van der Waals surface area contributed by atoms with Crippen LogP contribution < -0.4 is 0 Å². The summed E-state index contributed by atoms with van der Waals surface area (Å²) >= 11 is 0. The first-order valence-electron chi connectivity index (χ1n) is 8.17. The van der Waals surface area contributed by atoms with Crippen molar-refractivity contribution in [2.24, 2.45) is 5.92 Å². The summed E-state index contributed by atoms with van der Waals surface area (Å²) in [6, 6.07) is 8.48. The van der Waals surface area contributed by atoms with Gasteiger partial charge < -0.3 is 4.65 Å². The Labute approximate surface area is 129 Å². The Kier molecular flexibility index (Phi) is 5.11. The Morgan fingerprint density at radius 3 is 2.43 bits per heavy atom. The first-order valence-corrected chi connectivity index (χ1v) is 8.17. The van der Waals surface area contributed by atoms with Crippen LogP contribution in [0.15, 0.2) is 49.3 Å². The van der Waals surface area contributed by atoms with Gasteiger partial charge in [-0.25, -0.2) is 0 Å². The largest absolute Gasteiger partial charge is 0.718 e. The predicted octanol–water partition coefficient (Wildman–Crippen LogP) is 5.88. The van der Waals surface area contributed by atoms with Gasteiger partial charge in [0.1, 0.15) is 0 Å². The molecule has 0 fully saturated rings. The van der Waals surface area contributed by atoms with Crippen LogP contribution in [0.1, 0.15) is 31.9 Å². The van der Waals surface area contributed by atoms with Crippen molar-refractivity contribution >= 4 is 18.0 Å². The quantitative estimate of drug-likeness (QED) is 0.359. The summed E-state index contributed by atoms with van der Waals surface area (Å²) in [6.45, 7) is 10.7. The summed E-state index contributed by atoms with van der Waals surface area (Å²) in [4.78, 5) is 0. The van der Waals surface area contributed by atoms with Crippen molar-refractivity contribution in [1.82, 2.24) is 0 Å². The van der Waals surface area contributed by atoms with Crippen molar-refractivity contribution in [3.05, 3.63) is 60.4 Å². The van der Waals surface area contributed by atoms with Crippen molar-refractivity contribution in [2.45, 2.75) is 39.7 Å². The number of allylic oxidation sites excluding steroid dienone is 3. The van der Waals surface area contributed by atoms with E-state index in [9.17, 15) is 0 Å². The highest BCUT2D eigenvalue weighted by molar-refractivity contribution is 6.73. The van der Waals surface area contributed by atoms with Crippen LogP contribution in [0.3, 0.4) is 0 Å². The van der Waals surface area contributed by atoms with Gasteiger partial charge in [0, 0.05) is 17.8 Å². The highest BCUT2D eigenvalue weighted by Gasteiger charge is 2.22. The maximum atomic E-state index is 6.32. The minimum Gasteiger partial charge on any atom is -0.718 e. The molecule has 0 unspecified atom stereocenters. The highest BCUT2D eigenvalue weighted by atomic mass is 16.4. The molecule has 0 saturated carbocycles. The zero-order chi connectivity index (χ0) is 15.3. The SMILES string of the molecule is C=C[C@H]1C=Cc2ccccc2/C1=C\O[B-](CC)(CC)CC. The molecule has 1 atom stereocenters. The molecule has 2 heteroatoms. The zero-order valence-electron chi connectivity index (χ0n) is 13.5. The van der Waals surface area contributed by atoms with E-state index in [0.29, 0.717) is 0 Å². The van der Waals surface area contributed by atoms with Crippen LogP contribution in [-0.2, 0) is 4.65 Å². The lowest BCUT2D eigenvalue weighted by Crippen LogP contribution is -2.33. The van der Waals surface area contributed by atoms with Gasteiger partial charge >= 0.3 is 0 Å². The maximum absolute atomic E-state index is 6.32. The first-order chi connectivity index (χ1) is 10.2. The second-order valence-electron chi connectivity index (χ2n) is 6.01. The van der Waals surface area contributed by atoms with E-state index in [-0.39, 0.29) is 5.92 Å². The van der Waals surface area contributed by atoms with Gasteiger partial charge in [-0.2, -0.15) is 0 Å². The highest BCUT2D eigenvalue weighted by Crippen LogP contribution is 2.35. The average molecular weight is 281 g/mol. The molecule has 1 nitrogen and oxygen atoms in total. The number of fused-ring (bicyclic) bond motifs is 1. The molecule has 0 amide bonds. The van der Waals surface area contributed by atoms with Crippen LogP contribution in [-0.4, -0.2) is 6.35 Å². The van der Waals surface area contributed by atoms with E-state index < -0.39 is 6.35 Å². The lowest BCUT2D eigenvalue weighted by molar-refractivity contribution is 0.458. The van der Waals surface area contributed by atoms with E-state index in [1.54, 1.807) is 0 Å². The first kappa shape index (κ1) is 15.7. The van der Waals surface area contributed by atoms with Gasteiger partial charge in [-0.05, 0) is 11.1 Å². The van der Waals surface area contributed by atoms with Crippen LogP contribution in [0.25, 0.3) is 11.6 Å². The fraction of sp³-hybridized carbons (Fsp3) is 0.368. The number of hydrogen-bond donors (Lipinski definition) is 0. The molecule has 2 rings (SSSR count). The van der Waals surface area contributed by atoms with E-state index in [0.717, 1.165) is 19.0 Å². The molecule has 0 aromatic heterocycles. The zero-order valence-corrected chi connectivity index (χ0v) is 13.5.